The number of thioether (sulfide) groups is 1. The molecular formula is C27H19F3N4O6S4. The van der Waals surface area contributed by atoms with Crippen molar-refractivity contribution < 1.29 is 36.0 Å². The quantitative estimate of drug-likeness (QED) is 0.292. The Bertz CT molecular complexity index is 1970. The van der Waals surface area contributed by atoms with Gasteiger partial charge in [-0.25, -0.2) is 18.5 Å². The van der Waals surface area contributed by atoms with Crippen LogP contribution in [0, 0.1) is 5.92 Å². The highest BCUT2D eigenvalue weighted by atomic mass is 32.2. The summed E-state index contributed by atoms with van der Waals surface area (Å²) in [6, 6.07) is 12.6. The molecule has 4 aromatic rings. The molecule has 3 amide bonds. The fourth-order valence-electron chi connectivity index (χ4n) is 5.18. The third-order valence-electron chi connectivity index (χ3n) is 7.10. The molecule has 44 heavy (non-hydrogen) atoms. The molecule has 0 saturated carbocycles. The molecule has 0 radical (unpaired) electrons. The van der Waals surface area contributed by atoms with Crippen LogP contribution in [-0.2, 0) is 37.1 Å². The second-order valence-corrected chi connectivity index (χ2v) is 14.5. The second-order valence-electron chi connectivity index (χ2n) is 9.86. The molecule has 6 rings (SSSR count). The minimum atomic E-state index is -4.69. The van der Waals surface area contributed by atoms with Crippen molar-refractivity contribution in [2.45, 2.75) is 33.8 Å². The Hall–Kier alpha value is -3.77. The van der Waals surface area contributed by atoms with Crippen LogP contribution in [-0.4, -0.2) is 36.0 Å². The number of primary sulfonamides is 1. The number of alkyl halides is 3. The number of nitrogens with one attached hydrogen (secondary N) is 1. The summed E-state index contributed by atoms with van der Waals surface area (Å²) in [5.74, 6) is -3.75. The predicted octanol–water partition coefficient (Wildman–Crippen LogP) is 4.07. The number of carbonyl (C=O) groups is 3. The van der Waals surface area contributed by atoms with Gasteiger partial charge in [0.05, 0.1) is 27.1 Å². The maximum Gasteiger partial charge on any atom is 0.416 e. The molecular weight excluding hydrogens is 662 g/mol. The van der Waals surface area contributed by atoms with Gasteiger partial charge in [-0.2, -0.15) is 13.2 Å². The van der Waals surface area contributed by atoms with Crippen LogP contribution in [0.15, 0.2) is 80.8 Å². The Balaban J connectivity index is 1.34. The van der Waals surface area contributed by atoms with Crippen molar-refractivity contribution in [2.75, 3.05) is 10.2 Å². The van der Waals surface area contributed by atoms with E-state index >= 15 is 0 Å². The van der Waals surface area contributed by atoms with E-state index in [1.165, 1.54) is 46.2 Å². The van der Waals surface area contributed by atoms with Crippen LogP contribution in [0.25, 0.3) is 0 Å². The van der Waals surface area contributed by atoms with Gasteiger partial charge in [-0.15, -0.1) is 11.3 Å². The molecule has 3 atom stereocenters. The Kier molecular flexibility index (Phi) is 7.56. The summed E-state index contributed by atoms with van der Waals surface area (Å²) in [7, 11) is -3.94. The third kappa shape index (κ3) is 5.38. The van der Waals surface area contributed by atoms with Gasteiger partial charge in [0.1, 0.15) is 11.8 Å². The number of hydrogen-bond acceptors (Lipinski definition) is 9. The second kappa shape index (κ2) is 11.0. The van der Waals surface area contributed by atoms with Crippen molar-refractivity contribution in [3.63, 3.8) is 0 Å². The van der Waals surface area contributed by atoms with Crippen molar-refractivity contribution in [1.29, 1.82) is 0 Å². The van der Waals surface area contributed by atoms with Gasteiger partial charge in [0.2, 0.25) is 27.7 Å². The van der Waals surface area contributed by atoms with E-state index in [1.54, 1.807) is 17.5 Å². The van der Waals surface area contributed by atoms with Crippen molar-refractivity contribution in [1.82, 2.24) is 4.57 Å². The van der Waals surface area contributed by atoms with Gasteiger partial charge < -0.3 is 5.32 Å². The lowest BCUT2D eigenvalue weighted by Crippen LogP contribution is -2.32. The van der Waals surface area contributed by atoms with Gasteiger partial charge in [0.25, 0.3) is 0 Å². The number of nitrogens with two attached hydrogens (primary N) is 1. The normalized spacial score (nSPS) is 20.0. The number of thiazole rings is 1. The average Bonchev–Trinajstić information content (AvgIpc) is 3.65. The number of halogens is 3. The number of benzene rings is 2. The van der Waals surface area contributed by atoms with E-state index in [4.69, 9.17) is 5.14 Å². The molecule has 1 saturated heterocycles. The Labute approximate surface area is 259 Å². The van der Waals surface area contributed by atoms with E-state index < -0.39 is 68.0 Å². The summed E-state index contributed by atoms with van der Waals surface area (Å²) < 4.78 is 64.5. The molecule has 2 aliphatic rings. The molecule has 0 spiro atoms. The number of aromatic nitrogens is 1. The van der Waals surface area contributed by atoms with Gasteiger partial charge in [0, 0.05) is 21.4 Å². The first-order valence-corrected chi connectivity index (χ1v) is 16.8. The molecule has 228 valence electrons. The minimum absolute atomic E-state index is 0.154. The average molecular weight is 681 g/mol. The van der Waals surface area contributed by atoms with Crippen LogP contribution in [0.5, 0.6) is 0 Å². The van der Waals surface area contributed by atoms with E-state index in [1.807, 2.05) is 0 Å². The molecule has 1 fully saturated rings. The molecule has 2 aliphatic heterocycles. The van der Waals surface area contributed by atoms with Crippen LogP contribution in [0.3, 0.4) is 0 Å². The summed E-state index contributed by atoms with van der Waals surface area (Å²) in [4.78, 5) is 54.9. The fraction of sp³-hybridized carbons (Fsp3) is 0.185. The Morgan fingerprint density at radius 2 is 1.73 bits per heavy atom. The molecule has 2 aromatic carbocycles. The third-order valence-corrected chi connectivity index (χ3v) is 11.6. The highest BCUT2D eigenvalue weighted by molar-refractivity contribution is 8.00. The van der Waals surface area contributed by atoms with Crippen LogP contribution in [0.4, 0.5) is 24.5 Å². The lowest BCUT2D eigenvalue weighted by molar-refractivity contribution is -0.137. The number of anilines is 2. The van der Waals surface area contributed by atoms with Gasteiger partial charge in [-0.1, -0.05) is 35.2 Å². The molecule has 2 unspecified atom stereocenters. The summed E-state index contributed by atoms with van der Waals surface area (Å²) in [6.45, 7) is -0.456. The summed E-state index contributed by atoms with van der Waals surface area (Å²) in [6.07, 6.45) is -4.69. The van der Waals surface area contributed by atoms with Crippen LogP contribution < -0.4 is 20.2 Å². The lowest BCUT2D eigenvalue weighted by Gasteiger charge is -2.29. The SMILES string of the molecule is NS(=O)(=O)c1ccc(NC(=O)Cn2c3c(sc2=O)[C@@H](c2cccs2)C2C(=O)N(c4cccc(C(F)(F)F)c4)C(=O)C2S3)cc1. The topological polar surface area (TPSA) is 149 Å². The zero-order valence-electron chi connectivity index (χ0n) is 22.0. The number of thiophene rings is 1. The van der Waals surface area contributed by atoms with Gasteiger partial charge >= 0.3 is 11.0 Å². The maximum atomic E-state index is 13.8. The molecule has 0 bridgehead atoms. The fourth-order valence-corrected chi connectivity index (χ4v) is 9.41. The summed E-state index contributed by atoms with van der Waals surface area (Å²) in [5, 5.41) is 8.70. The van der Waals surface area contributed by atoms with Crippen LogP contribution >= 0.6 is 34.4 Å². The van der Waals surface area contributed by atoms with Crippen LogP contribution in [0.2, 0.25) is 0 Å². The summed E-state index contributed by atoms with van der Waals surface area (Å²) >= 11 is 3.07. The first kappa shape index (κ1) is 30.3. The highest BCUT2D eigenvalue weighted by Gasteiger charge is 2.57. The zero-order valence-corrected chi connectivity index (χ0v) is 25.2. The molecule has 0 aliphatic carbocycles. The lowest BCUT2D eigenvalue weighted by atomic mass is 9.87. The van der Waals surface area contributed by atoms with Crippen molar-refractivity contribution in [3.8, 4) is 0 Å². The summed E-state index contributed by atoms with van der Waals surface area (Å²) in [5.41, 5.74) is -0.966. The number of sulfonamides is 1. The first-order valence-electron chi connectivity index (χ1n) is 12.7. The Morgan fingerprint density at radius 1 is 1.00 bits per heavy atom. The van der Waals surface area contributed by atoms with Gasteiger partial charge in [0.15, 0.2) is 0 Å². The van der Waals surface area contributed by atoms with Crippen molar-refractivity contribution >= 4 is 73.6 Å². The number of rotatable bonds is 6. The largest absolute Gasteiger partial charge is 0.416 e. The van der Waals surface area contributed by atoms with Crippen molar-refractivity contribution in [3.05, 3.63) is 91.0 Å². The minimum Gasteiger partial charge on any atom is -0.325 e. The number of carbonyl (C=O) groups excluding carboxylic acids is 3. The predicted molar refractivity (Wildman–Crippen MR) is 158 cm³/mol. The number of fused-ring (bicyclic) bond motifs is 2. The van der Waals surface area contributed by atoms with Gasteiger partial charge in [-0.05, 0) is 53.9 Å². The van der Waals surface area contributed by atoms with E-state index in [0.717, 1.165) is 46.2 Å². The number of nitrogens with zero attached hydrogens (tertiary/aromatic N) is 2. The van der Waals surface area contributed by atoms with Gasteiger partial charge in [-0.3, -0.25) is 23.7 Å². The van der Waals surface area contributed by atoms with E-state index in [0.29, 0.717) is 14.8 Å². The highest BCUT2D eigenvalue weighted by Crippen LogP contribution is 2.54. The smallest absolute Gasteiger partial charge is 0.325 e. The Morgan fingerprint density at radius 3 is 2.36 bits per heavy atom. The van der Waals surface area contributed by atoms with E-state index in [-0.39, 0.29) is 16.3 Å². The monoisotopic (exact) mass is 680 g/mol. The molecule has 2 aromatic heterocycles. The van der Waals surface area contributed by atoms with E-state index in [9.17, 15) is 40.8 Å². The molecule has 10 nitrogen and oxygen atoms in total. The molecule has 4 heterocycles. The maximum absolute atomic E-state index is 13.8. The van der Waals surface area contributed by atoms with Crippen LogP contribution in [0.1, 0.15) is 21.2 Å². The standard InChI is InChI=1S/C27H19F3N4O6S4/c28-27(29,30)13-3-1-4-15(11-13)34-23(36)20-19(17-5-2-10-41-17)22-25(42-21(20)24(34)37)33(26(38)43-22)12-18(35)32-14-6-8-16(9-7-14)44(31,39)40/h1-11,19-21H,12H2,(H,32,35)(H2,31,39,40)/t19-,20?,21?/m0/s1. The zero-order chi connectivity index (χ0) is 31.6. The number of hydrogen-bond donors (Lipinski definition) is 2. The molecule has 3 N–H and O–H groups in total. The number of imide groups is 1. The number of amides is 3. The van der Waals surface area contributed by atoms with E-state index in [2.05, 4.69) is 5.32 Å². The first-order chi connectivity index (χ1) is 20.7. The molecule has 17 heteroatoms. The van der Waals surface area contributed by atoms with Crippen molar-refractivity contribution in [2.24, 2.45) is 11.1 Å².